The molecule has 0 unspecified atom stereocenters. The number of hydrogen-bond donors (Lipinski definition) is 1. The van der Waals surface area contributed by atoms with Crippen LogP contribution in [0, 0.1) is 10.1 Å². The van der Waals surface area contributed by atoms with Crippen molar-refractivity contribution in [3.05, 3.63) is 79.5 Å². The molecule has 0 spiro atoms. The third-order valence-electron chi connectivity index (χ3n) is 3.52. The van der Waals surface area contributed by atoms with Gasteiger partial charge in [-0.25, -0.2) is 4.68 Å². The smallest absolute Gasteiger partial charge is 0.294 e. The summed E-state index contributed by atoms with van der Waals surface area (Å²) < 4.78 is 6.90. The number of nitrogens with zero attached hydrogens (tertiary/aromatic N) is 3. The summed E-state index contributed by atoms with van der Waals surface area (Å²) in [5, 5.41) is 18.6. The molecule has 8 nitrogen and oxygen atoms in total. The molecule has 28 heavy (non-hydrogen) atoms. The van der Waals surface area contributed by atoms with Crippen molar-refractivity contribution in [2.24, 2.45) is 0 Å². The summed E-state index contributed by atoms with van der Waals surface area (Å²) in [6.07, 6.45) is 1.52. The molecule has 0 fully saturated rings. The number of nitrogens with one attached hydrogen (secondary N) is 1. The van der Waals surface area contributed by atoms with Crippen LogP contribution in [0.2, 0.25) is 15.1 Å². The minimum absolute atomic E-state index is 0.00424. The fourth-order valence-corrected chi connectivity index (χ4v) is 2.86. The van der Waals surface area contributed by atoms with Gasteiger partial charge in [0.2, 0.25) is 0 Å². The number of nitro benzene ring substituents is 1. The normalized spacial score (nSPS) is 10.5. The van der Waals surface area contributed by atoms with Crippen molar-refractivity contribution >= 4 is 52.1 Å². The molecule has 0 aliphatic rings. The van der Waals surface area contributed by atoms with Gasteiger partial charge in [-0.15, -0.1) is 0 Å². The Morgan fingerprint density at radius 2 is 1.86 bits per heavy atom. The zero-order chi connectivity index (χ0) is 20.3. The number of nitro groups is 1. The number of amides is 1. The first-order chi connectivity index (χ1) is 13.3. The largest absolute Gasteiger partial charge is 0.470 e. The number of halogens is 3. The van der Waals surface area contributed by atoms with Gasteiger partial charge in [0, 0.05) is 22.3 Å². The Morgan fingerprint density at radius 1 is 1.14 bits per heavy atom. The molecular formula is C17H11Cl3N4O4. The zero-order valence-electron chi connectivity index (χ0n) is 13.9. The van der Waals surface area contributed by atoms with Crippen molar-refractivity contribution in [3.8, 4) is 5.75 Å². The Hall–Kier alpha value is -2.81. The summed E-state index contributed by atoms with van der Waals surface area (Å²) in [6, 6.07) is 10.2. The van der Waals surface area contributed by atoms with Crippen LogP contribution in [-0.4, -0.2) is 20.6 Å². The maximum atomic E-state index is 12.3. The number of anilines is 1. The van der Waals surface area contributed by atoms with E-state index in [0.717, 1.165) is 6.07 Å². The Morgan fingerprint density at radius 3 is 2.57 bits per heavy atom. The lowest BCUT2D eigenvalue weighted by atomic mass is 10.2. The summed E-state index contributed by atoms with van der Waals surface area (Å²) in [5.41, 5.74) is -0.255. The van der Waals surface area contributed by atoms with Crippen LogP contribution in [0.15, 0.2) is 48.7 Å². The maximum absolute atomic E-state index is 12.3. The van der Waals surface area contributed by atoms with Gasteiger partial charge in [0.1, 0.15) is 11.4 Å². The SMILES string of the molecule is O=C(Nc1ccc(Cl)cc1[N+](=O)[O-])c1ccn(COc2ccc(Cl)cc2Cl)n1. The first-order valence-corrected chi connectivity index (χ1v) is 8.83. The van der Waals surface area contributed by atoms with E-state index in [0.29, 0.717) is 15.8 Å². The van der Waals surface area contributed by atoms with Crippen LogP contribution < -0.4 is 10.1 Å². The predicted octanol–water partition coefficient (Wildman–Crippen LogP) is 5.04. The molecule has 1 amide bonds. The molecule has 0 bridgehead atoms. The van der Waals surface area contributed by atoms with Crippen LogP contribution in [0.5, 0.6) is 5.75 Å². The van der Waals surface area contributed by atoms with Crippen molar-refractivity contribution in [1.29, 1.82) is 0 Å². The second kappa shape index (κ2) is 8.47. The lowest BCUT2D eigenvalue weighted by Crippen LogP contribution is -2.15. The molecule has 1 N–H and O–H groups in total. The third-order valence-corrected chi connectivity index (χ3v) is 4.29. The molecular weight excluding hydrogens is 431 g/mol. The summed E-state index contributed by atoms with van der Waals surface area (Å²) in [4.78, 5) is 22.8. The molecule has 144 valence electrons. The van der Waals surface area contributed by atoms with Gasteiger partial charge < -0.3 is 10.1 Å². The van der Waals surface area contributed by atoms with Crippen molar-refractivity contribution in [3.63, 3.8) is 0 Å². The Bertz CT molecular complexity index is 1050. The van der Waals surface area contributed by atoms with Crippen LogP contribution in [0.4, 0.5) is 11.4 Å². The summed E-state index contributed by atoms with van der Waals surface area (Å²) in [7, 11) is 0. The van der Waals surface area contributed by atoms with Crippen LogP contribution in [0.25, 0.3) is 0 Å². The lowest BCUT2D eigenvalue weighted by molar-refractivity contribution is -0.383. The Kier molecular flexibility index (Phi) is 6.03. The van der Waals surface area contributed by atoms with Gasteiger partial charge in [-0.3, -0.25) is 14.9 Å². The van der Waals surface area contributed by atoms with Crippen molar-refractivity contribution in [1.82, 2.24) is 9.78 Å². The topological polar surface area (TPSA) is 99.3 Å². The highest BCUT2D eigenvalue weighted by atomic mass is 35.5. The van der Waals surface area contributed by atoms with Crippen molar-refractivity contribution < 1.29 is 14.5 Å². The fraction of sp³-hybridized carbons (Fsp3) is 0.0588. The molecule has 3 rings (SSSR count). The van der Waals surface area contributed by atoms with Gasteiger partial charge in [0.05, 0.1) is 9.95 Å². The molecule has 2 aromatic carbocycles. The minimum atomic E-state index is -0.635. The number of benzene rings is 2. The highest BCUT2D eigenvalue weighted by Gasteiger charge is 2.18. The number of aromatic nitrogens is 2. The third kappa shape index (κ3) is 4.72. The molecule has 0 aliphatic heterocycles. The van der Waals surface area contributed by atoms with Gasteiger partial charge in [0.15, 0.2) is 12.4 Å². The first-order valence-electron chi connectivity index (χ1n) is 7.70. The lowest BCUT2D eigenvalue weighted by Gasteiger charge is -2.08. The number of carbonyl (C=O) groups excluding carboxylic acids is 1. The van der Waals surface area contributed by atoms with E-state index >= 15 is 0 Å². The molecule has 0 aliphatic carbocycles. The average molecular weight is 442 g/mol. The predicted molar refractivity (Wildman–Crippen MR) is 105 cm³/mol. The summed E-state index contributed by atoms with van der Waals surface area (Å²) in [6.45, 7) is -0.00424. The van der Waals surface area contributed by atoms with E-state index in [4.69, 9.17) is 39.5 Å². The Labute approximate surface area is 173 Å². The van der Waals surface area contributed by atoms with Crippen LogP contribution in [-0.2, 0) is 6.73 Å². The fourth-order valence-electron chi connectivity index (χ4n) is 2.23. The van der Waals surface area contributed by atoms with E-state index in [1.165, 1.54) is 29.1 Å². The molecule has 0 radical (unpaired) electrons. The number of rotatable bonds is 6. The van der Waals surface area contributed by atoms with E-state index in [1.54, 1.807) is 18.2 Å². The van der Waals surface area contributed by atoms with Gasteiger partial charge in [-0.05, 0) is 36.4 Å². The Balaban J connectivity index is 1.68. The molecule has 11 heteroatoms. The maximum Gasteiger partial charge on any atom is 0.294 e. The first kappa shape index (κ1) is 19.9. The van der Waals surface area contributed by atoms with E-state index in [1.807, 2.05) is 0 Å². The summed E-state index contributed by atoms with van der Waals surface area (Å²) >= 11 is 17.6. The summed E-state index contributed by atoms with van der Waals surface area (Å²) in [5.74, 6) is -0.210. The van der Waals surface area contributed by atoms with E-state index < -0.39 is 10.8 Å². The number of carbonyl (C=O) groups is 1. The minimum Gasteiger partial charge on any atom is -0.470 e. The quantitative estimate of drug-likeness (QED) is 0.427. The van der Waals surface area contributed by atoms with Gasteiger partial charge in [-0.1, -0.05) is 34.8 Å². The second-order valence-electron chi connectivity index (χ2n) is 5.46. The molecule has 1 aromatic heterocycles. The standard InChI is InChI=1S/C17H11Cl3N4O4/c18-10-2-4-16(12(20)7-10)28-9-23-6-5-14(22-23)17(25)21-13-3-1-11(19)8-15(13)24(26)27/h1-8H,9H2,(H,21,25). The molecule has 1 heterocycles. The second-order valence-corrected chi connectivity index (χ2v) is 6.74. The number of ether oxygens (including phenoxy) is 1. The monoisotopic (exact) mass is 440 g/mol. The molecule has 0 atom stereocenters. The van der Waals surface area contributed by atoms with E-state index in [2.05, 4.69) is 10.4 Å². The van der Waals surface area contributed by atoms with E-state index in [-0.39, 0.29) is 28.8 Å². The van der Waals surface area contributed by atoms with Crippen LogP contribution in [0.3, 0.4) is 0 Å². The zero-order valence-corrected chi connectivity index (χ0v) is 16.2. The molecule has 0 saturated heterocycles. The van der Waals surface area contributed by atoms with Crippen molar-refractivity contribution in [2.75, 3.05) is 5.32 Å². The molecule has 3 aromatic rings. The van der Waals surface area contributed by atoms with Gasteiger partial charge >= 0.3 is 0 Å². The average Bonchev–Trinajstić information content (AvgIpc) is 3.11. The van der Waals surface area contributed by atoms with Crippen LogP contribution in [0.1, 0.15) is 10.5 Å². The van der Waals surface area contributed by atoms with Crippen LogP contribution >= 0.6 is 34.8 Å². The van der Waals surface area contributed by atoms with Gasteiger partial charge in [-0.2, -0.15) is 5.10 Å². The van der Waals surface area contributed by atoms with Gasteiger partial charge in [0.25, 0.3) is 11.6 Å². The van der Waals surface area contributed by atoms with E-state index in [9.17, 15) is 14.9 Å². The highest BCUT2D eigenvalue weighted by molar-refractivity contribution is 6.35. The number of hydrogen-bond acceptors (Lipinski definition) is 5. The van der Waals surface area contributed by atoms with Crippen molar-refractivity contribution in [2.45, 2.75) is 6.73 Å². The molecule has 0 saturated carbocycles. The highest BCUT2D eigenvalue weighted by Crippen LogP contribution is 2.29.